The summed E-state index contributed by atoms with van der Waals surface area (Å²) in [4.78, 5) is 0. The van der Waals surface area contributed by atoms with Crippen LogP contribution in [-0.4, -0.2) is 62.8 Å². The third-order valence-electron chi connectivity index (χ3n) is 3.99. The van der Waals surface area contributed by atoms with Crippen LogP contribution in [0.15, 0.2) is 91.0 Å². The molecule has 0 saturated carbocycles. The van der Waals surface area contributed by atoms with E-state index in [0.29, 0.717) is 5.41 Å². The Morgan fingerprint density at radius 3 is 1.04 bits per heavy atom. The van der Waals surface area contributed by atoms with Crippen LogP contribution in [0, 0.1) is 5.41 Å². The second-order valence-electron chi connectivity index (χ2n) is 6.62. The predicted molar refractivity (Wildman–Crippen MR) is 118 cm³/mol. The minimum atomic E-state index is -0.0857. The molecule has 0 unspecified atom stereocenters. The molecule has 0 atom stereocenters. The van der Waals surface area contributed by atoms with Gasteiger partial charge in [0.25, 0.3) is 0 Å². The first-order chi connectivity index (χ1) is 12.7. The van der Waals surface area contributed by atoms with Crippen molar-refractivity contribution in [2.75, 3.05) is 0 Å². The quantitative estimate of drug-likeness (QED) is 0.304. The van der Waals surface area contributed by atoms with Gasteiger partial charge >= 0.3 is 190 Å². The van der Waals surface area contributed by atoms with Crippen LogP contribution in [0.2, 0.25) is 13.4 Å². The van der Waals surface area contributed by atoms with Crippen molar-refractivity contribution in [1.29, 1.82) is 0 Å². The van der Waals surface area contributed by atoms with Crippen LogP contribution in [0.4, 0.5) is 0 Å². The van der Waals surface area contributed by atoms with Crippen molar-refractivity contribution >= 4 is 73.6 Å². The zero-order chi connectivity index (χ0) is 18.1. The Labute approximate surface area is 188 Å². The maximum absolute atomic E-state index is 2.59. The molecule has 0 amide bonds. The fraction of sp³-hybridized carbons (Fsp3) is 0.217. The van der Waals surface area contributed by atoms with Crippen molar-refractivity contribution in [1.82, 2.24) is 0 Å². The van der Waals surface area contributed by atoms with E-state index in [2.05, 4.69) is 97.9 Å². The molecular formula is C23H24Te3. The maximum atomic E-state index is 2.59. The van der Waals surface area contributed by atoms with E-state index in [-0.39, 0.29) is 62.8 Å². The average molecular weight is 683 g/mol. The van der Waals surface area contributed by atoms with E-state index in [0.717, 1.165) is 0 Å². The van der Waals surface area contributed by atoms with Gasteiger partial charge in [-0.3, -0.25) is 0 Å². The topological polar surface area (TPSA) is 0 Å². The van der Waals surface area contributed by atoms with E-state index in [1.807, 2.05) is 0 Å². The molecule has 3 aromatic rings. The Bertz CT molecular complexity index is 651. The summed E-state index contributed by atoms with van der Waals surface area (Å²) in [6.07, 6.45) is 0. The summed E-state index contributed by atoms with van der Waals surface area (Å²) >= 11 is -0.257. The number of rotatable bonds is 9. The normalized spacial score (nSPS) is 11.4. The molecule has 0 fully saturated rings. The summed E-state index contributed by atoms with van der Waals surface area (Å²) in [5.74, 6) is 0. The van der Waals surface area contributed by atoms with Gasteiger partial charge in [-0.15, -0.1) is 0 Å². The number of hydrogen-bond donors (Lipinski definition) is 0. The van der Waals surface area contributed by atoms with Crippen LogP contribution in [0.5, 0.6) is 0 Å². The van der Waals surface area contributed by atoms with Gasteiger partial charge in [0, 0.05) is 0 Å². The van der Waals surface area contributed by atoms with E-state index in [1.54, 1.807) is 10.8 Å². The van der Waals surface area contributed by atoms with Crippen LogP contribution in [-0.2, 0) is 0 Å². The van der Waals surface area contributed by atoms with Crippen LogP contribution in [0.25, 0.3) is 0 Å². The summed E-state index contributed by atoms with van der Waals surface area (Å²) in [7, 11) is 0. The minimum absolute atomic E-state index is 0.0857. The zero-order valence-electron chi connectivity index (χ0n) is 15.0. The monoisotopic (exact) mass is 690 g/mol. The Balaban J connectivity index is 1.64. The molecular weight excluding hydrogens is 659 g/mol. The van der Waals surface area contributed by atoms with Crippen LogP contribution in [0.3, 0.4) is 0 Å². The fourth-order valence-corrected chi connectivity index (χ4v) is 15.4. The molecule has 0 nitrogen and oxygen atoms in total. The Morgan fingerprint density at radius 2 is 0.769 bits per heavy atom. The van der Waals surface area contributed by atoms with Gasteiger partial charge < -0.3 is 0 Å². The average Bonchev–Trinajstić information content (AvgIpc) is 2.72. The summed E-state index contributed by atoms with van der Waals surface area (Å²) in [5.41, 5.74) is 0.536. The first-order valence-corrected chi connectivity index (χ1v) is 17.2. The summed E-state index contributed by atoms with van der Waals surface area (Å²) in [5, 5.41) is 0. The van der Waals surface area contributed by atoms with Crippen LogP contribution in [0.1, 0.15) is 6.92 Å². The van der Waals surface area contributed by atoms with Crippen molar-refractivity contribution in [3.05, 3.63) is 91.0 Å². The second kappa shape index (κ2) is 11.1. The zero-order valence-corrected chi connectivity index (χ0v) is 22.0. The standard InChI is InChI=1S/C23H24Te3/c1-23(17-24-20-11-5-2-6-12-20,18-25-21-13-7-3-8-14-21)19-26-22-15-9-4-10-16-22/h2-16H,17-19H2,1H3. The molecule has 0 aromatic heterocycles. The molecule has 0 N–H and O–H groups in total. The van der Waals surface area contributed by atoms with Gasteiger partial charge in [0.1, 0.15) is 0 Å². The molecule has 3 heteroatoms. The first kappa shape index (κ1) is 20.8. The number of hydrogen-bond acceptors (Lipinski definition) is 0. The molecule has 0 saturated heterocycles. The summed E-state index contributed by atoms with van der Waals surface area (Å²) in [6, 6.07) is 33.7. The summed E-state index contributed by atoms with van der Waals surface area (Å²) in [6.45, 7) is 2.59. The predicted octanol–water partition coefficient (Wildman–Crippen LogP) is 3.34. The van der Waals surface area contributed by atoms with Crippen LogP contribution >= 0.6 is 0 Å². The van der Waals surface area contributed by atoms with E-state index in [9.17, 15) is 0 Å². The molecule has 0 spiro atoms. The molecule has 3 aromatic carbocycles. The fourth-order valence-electron chi connectivity index (χ4n) is 2.45. The summed E-state index contributed by atoms with van der Waals surface area (Å²) < 4.78 is 9.17. The molecule has 0 heterocycles. The molecule has 0 aliphatic carbocycles. The van der Waals surface area contributed by atoms with Crippen molar-refractivity contribution in [2.45, 2.75) is 20.3 Å². The first-order valence-electron chi connectivity index (χ1n) is 8.77. The molecule has 0 aliphatic rings. The molecule has 3 rings (SSSR count). The van der Waals surface area contributed by atoms with Crippen molar-refractivity contribution < 1.29 is 0 Å². The molecule has 0 radical (unpaired) electrons. The molecule has 0 bridgehead atoms. The van der Waals surface area contributed by atoms with Gasteiger partial charge in [-0.05, 0) is 0 Å². The van der Waals surface area contributed by atoms with Gasteiger partial charge in [-0.2, -0.15) is 0 Å². The van der Waals surface area contributed by atoms with Gasteiger partial charge in [-0.1, -0.05) is 0 Å². The third-order valence-corrected chi connectivity index (χ3v) is 16.4. The van der Waals surface area contributed by atoms with E-state index in [4.69, 9.17) is 0 Å². The van der Waals surface area contributed by atoms with Gasteiger partial charge in [-0.25, -0.2) is 0 Å². The van der Waals surface area contributed by atoms with Gasteiger partial charge in [0.15, 0.2) is 0 Å². The van der Waals surface area contributed by atoms with Gasteiger partial charge in [0.05, 0.1) is 0 Å². The Hall–Kier alpha value is 0.0288. The van der Waals surface area contributed by atoms with Crippen molar-refractivity contribution in [2.24, 2.45) is 5.41 Å². The second-order valence-corrected chi connectivity index (χ2v) is 15.6. The van der Waals surface area contributed by atoms with Gasteiger partial charge in [0.2, 0.25) is 0 Å². The van der Waals surface area contributed by atoms with E-state index < -0.39 is 0 Å². The Morgan fingerprint density at radius 1 is 0.500 bits per heavy atom. The van der Waals surface area contributed by atoms with Crippen LogP contribution < -0.4 is 10.8 Å². The van der Waals surface area contributed by atoms with E-state index in [1.165, 1.54) is 13.4 Å². The molecule has 134 valence electrons. The molecule has 0 aliphatic heterocycles. The third kappa shape index (κ3) is 7.21. The van der Waals surface area contributed by atoms with Crippen molar-refractivity contribution in [3.63, 3.8) is 0 Å². The number of benzene rings is 3. The van der Waals surface area contributed by atoms with E-state index >= 15 is 0 Å². The van der Waals surface area contributed by atoms with Crippen molar-refractivity contribution in [3.8, 4) is 0 Å². The SMILES string of the molecule is CC(C[Te]c1ccccc1)(C[Te]c1ccccc1)C[Te]c1ccccc1. The molecule has 26 heavy (non-hydrogen) atoms. The Kier molecular flexibility index (Phi) is 8.89.